The van der Waals surface area contributed by atoms with E-state index in [2.05, 4.69) is 5.32 Å². The minimum Gasteiger partial charge on any atom is -0.489 e. The summed E-state index contributed by atoms with van der Waals surface area (Å²) in [5.41, 5.74) is 0.959. The van der Waals surface area contributed by atoms with E-state index in [1.165, 1.54) is 12.1 Å². The van der Waals surface area contributed by atoms with Gasteiger partial charge in [0.1, 0.15) is 12.9 Å². The summed E-state index contributed by atoms with van der Waals surface area (Å²) in [4.78, 5) is 22.3. The van der Waals surface area contributed by atoms with Gasteiger partial charge in [0.25, 0.3) is 5.91 Å². The maximum atomic E-state index is 13.3. The molecule has 0 unspecified atom stereocenters. The third kappa shape index (κ3) is 4.14. The van der Waals surface area contributed by atoms with Crippen LogP contribution in [0.5, 0.6) is 5.75 Å². The topological polar surface area (TPSA) is 55.4 Å². The number of hydrogen-bond acceptors (Lipinski definition) is 3. The van der Waals surface area contributed by atoms with E-state index in [-0.39, 0.29) is 24.8 Å². The van der Waals surface area contributed by atoms with Gasteiger partial charge in [-0.05, 0) is 24.3 Å². The third-order valence-corrected chi connectivity index (χ3v) is 2.79. The van der Waals surface area contributed by atoms with Crippen molar-refractivity contribution in [2.24, 2.45) is 0 Å². The largest absolute Gasteiger partial charge is 0.489 e. The molecule has 0 aromatic heterocycles. The molecule has 0 bridgehead atoms. The summed E-state index contributed by atoms with van der Waals surface area (Å²) in [6, 6.07) is 12.3. The minimum atomic E-state index is -0.437. The number of para-hydroxylation sites is 1. The molecule has 0 heterocycles. The molecular weight excluding hydrogens is 273 g/mol. The Morgan fingerprint density at radius 1 is 1.14 bits per heavy atom. The van der Waals surface area contributed by atoms with Gasteiger partial charge >= 0.3 is 0 Å². The van der Waals surface area contributed by atoms with Gasteiger partial charge in [0.05, 0.1) is 6.54 Å². The molecule has 0 radical (unpaired) electrons. The number of halogens is 1. The number of amides is 1. The van der Waals surface area contributed by atoms with Crippen LogP contribution in [0.3, 0.4) is 0 Å². The third-order valence-electron chi connectivity index (χ3n) is 2.79. The quantitative estimate of drug-likeness (QED) is 0.656. The van der Waals surface area contributed by atoms with E-state index >= 15 is 0 Å². The maximum Gasteiger partial charge on any atom is 0.251 e. The molecule has 0 fully saturated rings. The zero-order chi connectivity index (χ0) is 15.1. The Hall–Kier alpha value is -2.69. The Morgan fingerprint density at radius 2 is 1.86 bits per heavy atom. The predicted octanol–water partition coefficient (Wildman–Crippen LogP) is 2.45. The number of aldehydes is 1. The lowest BCUT2D eigenvalue weighted by Crippen LogP contribution is -2.28. The van der Waals surface area contributed by atoms with E-state index in [9.17, 15) is 14.0 Å². The van der Waals surface area contributed by atoms with Gasteiger partial charge in [-0.3, -0.25) is 9.59 Å². The summed E-state index contributed by atoms with van der Waals surface area (Å²) in [7, 11) is 0. The molecule has 0 spiro atoms. The molecule has 2 aromatic carbocycles. The van der Waals surface area contributed by atoms with Crippen LogP contribution in [0.2, 0.25) is 0 Å². The Bertz CT molecular complexity index is 626. The molecule has 1 N–H and O–H groups in total. The first kappa shape index (κ1) is 14.7. The van der Waals surface area contributed by atoms with Crippen molar-refractivity contribution in [3.8, 4) is 5.75 Å². The fraction of sp³-hybridized carbons (Fsp3) is 0.125. The molecule has 5 heteroatoms. The molecule has 0 atom stereocenters. The van der Waals surface area contributed by atoms with Gasteiger partial charge in [-0.1, -0.05) is 24.3 Å². The van der Waals surface area contributed by atoms with Crippen molar-refractivity contribution in [2.75, 3.05) is 13.2 Å². The van der Waals surface area contributed by atoms with Crippen molar-refractivity contribution >= 4 is 12.2 Å². The SMILES string of the molecule is O=Cc1ccc(C(=O)NCCOc2ccccc2F)cc1. The number of carbonyl (C=O) groups excluding carboxylic acids is 2. The number of rotatable bonds is 6. The Kier molecular flexibility index (Phi) is 5.04. The van der Waals surface area contributed by atoms with Crippen LogP contribution < -0.4 is 10.1 Å². The van der Waals surface area contributed by atoms with Crippen LogP contribution in [0.15, 0.2) is 48.5 Å². The molecule has 21 heavy (non-hydrogen) atoms. The first-order chi connectivity index (χ1) is 10.2. The van der Waals surface area contributed by atoms with Gasteiger partial charge in [-0.25, -0.2) is 4.39 Å². The minimum absolute atomic E-state index is 0.155. The van der Waals surface area contributed by atoms with E-state index in [1.807, 2.05) is 0 Å². The van der Waals surface area contributed by atoms with Crippen LogP contribution in [0.25, 0.3) is 0 Å². The second-order valence-corrected chi connectivity index (χ2v) is 4.27. The van der Waals surface area contributed by atoms with Crippen molar-refractivity contribution in [1.82, 2.24) is 5.32 Å². The summed E-state index contributed by atoms with van der Waals surface area (Å²) >= 11 is 0. The van der Waals surface area contributed by atoms with Gasteiger partial charge in [0.2, 0.25) is 0 Å². The van der Waals surface area contributed by atoms with E-state index in [4.69, 9.17) is 4.74 Å². The lowest BCUT2D eigenvalue weighted by Gasteiger charge is -2.08. The number of hydrogen-bond donors (Lipinski definition) is 1. The van der Waals surface area contributed by atoms with Gasteiger partial charge in [0, 0.05) is 11.1 Å². The van der Waals surface area contributed by atoms with Crippen LogP contribution >= 0.6 is 0 Å². The molecule has 108 valence electrons. The van der Waals surface area contributed by atoms with Gasteiger partial charge < -0.3 is 10.1 Å². The highest BCUT2D eigenvalue weighted by molar-refractivity contribution is 5.94. The summed E-state index contributed by atoms with van der Waals surface area (Å²) in [6.45, 7) is 0.418. The van der Waals surface area contributed by atoms with Crippen LogP contribution in [-0.2, 0) is 0 Å². The fourth-order valence-corrected chi connectivity index (χ4v) is 1.70. The van der Waals surface area contributed by atoms with E-state index in [0.717, 1.165) is 0 Å². The number of ether oxygens (including phenoxy) is 1. The van der Waals surface area contributed by atoms with Gasteiger partial charge in [0.15, 0.2) is 11.6 Å². The Balaban J connectivity index is 1.79. The monoisotopic (exact) mass is 287 g/mol. The van der Waals surface area contributed by atoms with Gasteiger partial charge in [-0.15, -0.1) is 0 Å². The van der Waals surface area contributed by atoms with Crippen molar-refractivity contribution < 1.29 is 18.7 Å². The van der Waals surface area contributed by atoms with E-state index in [0.29, 0.717) is 17.4 Å². The second kappa shape index (κ2) is 7.19. The van der Waals surface area contributed by atoms with Crippen molar-refractivity contribution in [3.05, 3.63) is 65.5 Å². The first-order valence-corrected chi connectivity index (χ1v) is 6.41. The molecule has 0 aliphatic rings. The van der Waals surface area contributed by atoms with Crippen molar-refractivity contribution in [3.63, 3.8) is 0 Å². The van der Waals surface area contributed by atoms with Crippen LogP contribution in [-0.4, -0.2) is 25.3 Å². The van der Waals surface area contributed by atoms with Crippen LogP contribution in [0.4, 0.5) is 4.39 Å². The summed E-state index contributed by atoms with van der Waals surface area (Å²) in [6.07, 6.45) is 0.712. The highest BCUT2D eigenvalue weighted by Gasteiger charge is 2.05. The molecule has 2 aromatic rings. The fourth-order valence-electron chi connectivity index (χ4n) is 1.70. The Morgan fingerprint density at radius 3 is 2.52 bits per heavy atom. The molecule has 0 aliphatic carbocycles. The molecule has 0 aliphatic heterocycles. The predicted molar refractivity (Wildman–Crippen MR) is 76.1 cm³/mol. The molecule has 1 amide bonds. The highest BCUT2D eigenvalue weighted by Crippen LogP contribution is 2.14. The van der Waals surface area contributed by atoms with Crippen LogP contribution in [0.1, 0.15) is 20.7 Å². The Labute approximate surface area is 121 Å². The number of nitrogens with one attached hydrogen (secondary N) is 1. The van der Waals surface area contributed by atoms with E-state index < -0.39 is 5.82 Å². The zero-order valence-corrected chi connectivity index (χ0v) is 11.2. The lowest BCUT2D eigenvalue weighted by atomic mass is 10.1. The normalized spacial score (nSPS) is 9.95. The average Bonchev–Trinajstić information content (AvgIpc) is 2.53. The summed E-state index contributed by atoms with van der Waals surface area (Å²) < 4.78 is 18.5. The highest BCUT2D eigenvalue weighted by atomic mass is 19.1. The molecule has 0 saturated heterocycles. The summed E-state index contributed by atoms with van der Waals surface area (Å²) in [5.74, 6) is -0.556. The molecule has 0 saturated carbocycles. The lowest BCUT2D eigenvalue weighted by molar-refractivity contribution is 0.0946. The molecule has 2 rings (SSSR count). The molecular formula is C16H14FNO3. The standard InChI is InChI=1S/C16H14FNO3/c17-14-3-1-2-4-15(14)21-10-9-18-16(20)13-7-5-12(11-19)6-8-13/h1-8,11H,9-10H2,(H,18,20). The second-order valence-electron chi connectivity index (χ2n) is 4.27. The zero-order valence-electron chi connectivity index (χ0n) is 11.2. The first-order valence-electron chi connectivity index (χ1n) is 6.41. The van der Waals surface area contributed by atoms with Crippen LogP contribution in [0, 0.1) is 5.82 Å². The smallest absolute Gasteiger partial charge is 0.251 e. The maximum absolute atomic E-state index is 13.3. The summed E-state index contributed by atoms with van der Waals surface area (Å²) in [5, 5.41) is 2.65. The molecule has 4 nitrogen and oxygen atoms in total. The average molecular weight is 287 g/mol. The number of benzene rings is 2. The number of carbonyl (C=O) groups is 2. The van der Waals surface area contributed by atoms with Gasteiger partial charge in [-0.2, -0.15) is 0 Å². The van der Waals surface area contributed by atoms with E-state index in [1.54, 1.807) is 36.4 Å². The van der Waals surface area contributed by atoms with Crippen molar-refractivity contribution in [2.45, 2.75) is 0 Å². The van der Waals surface area contributed by atoms with Crippen molar-refractivity contribution in [1.29, 1.82) is 0 Å².